The van der Waals surface area contributed by atoms with Crippen LogP contribution < -0.4 is 0 Å². The van der Waals surface area contributed by atoms with E-state index in [0.717, 1.165) is 32.1 Å². The molecule has 0 atom stereocenters. The van der Waals surface area contributed by atoms with E-state index in [1.54, 1.807) is 0 Å². The molecule has 0 aromatic rings. The quantitative estimate of drug-likeness (QED) is 0.332. The maximum absolute atomic E-state index is 12.4. The lowest BCUT2D eigenvalue weighted by Crippen LogP contribution is -2.32. The van der Waals surface area contributed by atoms with Crippen molar-refractivity contribution in [2.24, 2.45) is 0 Å². The van der Waals surface area contributed by atoms with Gasteiger partial charge in [0, 0.05) is 13.0 Å². The fourth-order valence-electron chi connectivity index (χ4n) is 1.66. The van der Waals surface area contributed by atoms with Gasteiger partial charge >= 0.3 is 12.3 Å². The lowest BCUT2D eigenvalue weighted by atomic mass is 10.1. The van der Waals surface area contributed by atoms with Crippen molar-refractivity contribution < 1.29 is 31.1 Å². The Labute approximate surface area is 115 Å². The normalized spacial score (nSPS) is 12.6. The molecule has 0 bridgehead atoms. The molecule has 0 aliphatic rings. The second-order valence-corrected chi connectivity index (χ2v) is 4.77. The standard InChI is InChI=1S/C13H22F6O/c14-11(15)8-6-4-2-1-3-5-7-9-20-10-13(18,19)12(16)17/h11-12H,1-10H2. The van der Waals surface area contributed by atoms with Gasteiger partial charge in [-0.25, -0.2) is 17.6 Å². The summed E-state index contributed by atoms with van der Waals surface area (Å²) in [5, 5.41) is 0. The average molecular weight is 308 g/mol. The summed E-state index contributed by atoms with van der Waals surface area (Å²) in [4.78, 5) is 0. The Balaban J connectivity index is 3.21. The minimum absolute atomic E-state index is 0.0354. The van der Waals surface area contributed by atoms with Crippen LogP contribution in [0.1, 0.15) is 51.4 Å². The zero-order valence-corrected chi connectivity index (χ0v) is 11.4. The van der Waals surface area contributed by atoms with Crippen molar-refractivity contribution in [3.63, 3.8) is 0 Å². The summed E-state index contributed by atoms with van der Waals surface area (Å²) in [5.41, 5.74) is 0. The lowest BCUT2D eigenvalue weighted by molar-refractivity contribution is -0.165. The Bertz CT molecular complexity index is 223. The Morgan fingerprint density at radius 1 is 0.750 bits per heavy atom. The van der Waals surface area contributed by atoms with E-state index in [1.807, 2.05) is 0 Å². The first-order chi connectivity index (χ1) is 9.36. The number of ether oxygens (including phenoxy) is 1. The van der Waals surface area contributed by atoms with E-state index < -0.39 is 25.4 Å². The number of alkyl halides is 6. The molecule has 0 amide bonds. The number of hydrogen-bond acceptors (Lipinski definition) is 1. The van der Waals surface area contributed by atoms with E-state index in [0.29, 0.717) is 12.8 Å². The van der Waals surface area contributed by atoms with Gasteiger partial charge in [-0.15, -0.1) is 0 Å². The van der Waals surface area contributed by atoms with Gasteiger partial charge in [0.05, 0.1) is 0 Å². The second-order valence-electron chi connectivity index (χ2n) is 4.77. The summed E-state index contributed by atoms with van der Waals surface area (Å²) in [5.74, 6) is -4.08. The van der Waals surface area contributed by atoms with Gasteiger partial charge in [-0.2, -0.15) is 8.78 Å². The van der Waals surface area contributed by atoms with Gasteiger partial charge in [0.25, 0.3) is 0 Å². The topological polar surface area (TPSA) is 9.23 Å². The van der Waals surface area contributed by atoms with Gasteiger partial charge < -0.3 is 4.74 Å². The molecule has 0 heterocycles. The predicted octanol–water partition coefficient (Wildman–Crippen LogP) is 5.29. The minimum Gasteiger partial charge on any atom is -0.375 e. The molecule has 0 aromatic heterocycles. The van der Waals surface area contributed by atoms with Crippen LogP contribution in [0.3, 0.4) is 0 Å². The summed E-state index contributed by atoms with van der Waals surface area (Å²) >= 11 is 0. The first-order valence-corrected chi connectivity index (χ1v) is 6.88. The molecule has 0 N–H and O–H groups in total. The van der Waals surface area contributed by atoms with Crippen LogP contribution in [0.2, 0.25) is 0 Å². The van der Waals surface area contributed by atoms with E-state index >= 15 is 0 Å². The molecule has 0 saturated carbocycles. The summed E-state index contributed by atoms with van der Waals surface area (Å²) in [6, 6.07) is 0. The number of unbranched alkanes of at least 4 members (excludes halogenated alkanes) is 6. The molecule has 0 unspecified atom stereocenters. The molecule has 0 rings (SSSR count). The molecule has 122 valence electrons. The van der Waals surface area contributed by atoms with Crippen LogP contribution >= 0.6 is 0 Å². The van der Waals surface area contributed by atoms with E-state index in [2.05, 4.69) is 4.74 Å². The van der Waals surface area contributed by atoms with Crippen molar-refractivity contribution in [1.82, 2.24) is 0 Å². The minimum atomic E-state index is -4.08. The zero-order valence-electron chi connectivity index (χ0n) is 11.4. The molecule has 7 heteroatoms. The molecule has 0 spiro atoms. The van der Waals surface area contributed by atoms with Crippen LogP contribution in [0.5, 0.6) is 0 Å². The molecule has 0 aromatic carbocycles. The first-order valence-electron chi connectivity index (χ1n) is 6.88. The number of halogens is 6. The van der Waals surface area contributed by atoms with Gasteiger partial charge in [0.2, 0.25) is 6.43 Å². The van der Waals surface area contributed by atoms with Gasteiger partial charge in [0.1, 0.15) is 6.61 Å². The molecule has 0 radical (unpaired) electrons. The first kappa shape index (κ1) is 19.5. The molecule has 0 aliphatic heterocycles. The van der Waals surface area contributed by atoms with Crippen molar-refractivity contribution in [2.75, 3.05) is 13.2 Å². The van der Waals surface area contributed by atoms with Gasteiger partial charge in [0.15, 0.2) is 0 Å². The second kappa shape index (κ2) is 11.2. The van der Waals surface area contributed by atoms with Gasteiger partial charge in [-0.1, -0.05) is 32.1 Å². The van der Waals surface area contributed by atoms with Crippen molar-refractivity contribution in [2.45, 2.75) is 70.1 Å². The van der Waals surface area contributed by atoms with Crippen LogP contribution in [-0.2, 0) is 4.74 Å². The van der Waals surface area contributed by atoms with E-state index in [-0.39, 0.29) is 13.0 Å². The van der Waals surface area contributed by atoms with Crippen molar-refractivity contribution in [1.29, 1.82) is 0 Å². The van der Waals surface area contributed by atoms with Crippen LogP contribution in [0.4, 0.5) is 26.3 Å². The molecule has 0 aliphatic carbocycles. The third-order valence-corrected chi connectivity index (χ3v) is 2.82. The summed E-state index contributed by atoms with van der Waals surface area (Å²) in [6.07, 6.45) is -0.784. The summed E-state index contributed by atoms with van der Waals surface area (Å²) in [6.45, 7) is -1.22. The molecular weight excluding hydrogens is 286 g/mol. The van der Waals surface area contributed by atoms with Crippen LogP contribution in [0.25, 0.3) is 0 Å². The average Bonchev–Trinajstić information content (AvgIpc) is 2.35. The third-order valence-electron chi connectivity index (χ3n) is 2.82. The third kappa shape index (κ3) is 11.4. The zero-order chi connectivity index (χ0) is 15.4. The fraction of sp³-hybridized carbons (Fsp3) is 1.00. The highest BCUT2D eigenvalue weighted by Gasteiger charge is 2.40. The van der Waals surface area contributed by atoms with Gasteiger partial charge in [-0.05, 0) is 12.8 Å². The van der Waals surface area contributed by atoms with Crippen LogP contribution in [0, 0.1) is 0 Å². The highest BCUT2D eigenvalue weighted by Crippen LogP contribution is 2.22. The van der Waals surface area contributed by atoms with E-state index in [1.165, 1.54) is 0 Å². The number of hydrogen-bond donors (Lipinski definition) is 0. The maximum Gasteiger partial charge on any atom is 0.330 e. The van der Waals surface area contributed by atoms with Crippen LogP contribution in [-0.4, -0.2) is 32.0 Å². The molecule has 1 nitrogen and oxygen atoms in total. The molecule has 0 saturated heterocycles. The summed E-state index contributed by atoms with van der Waals surface area (Å²) < 4.78 is 76.5. The smallest absolute Gasteiger partial charge is 0.330 e. The Morgan fingerprint density at radius 3 is 1.75 bits per heavy atom. The monoisotopic (exact) mass is 308 g/mol. The highest BCUT2D eigenvalue weighted by atomic mass is 19.3. The van der Waals surface area contributed by atoms with Crippen molar-refractivity contribution >= 4 is 0 Å². The number of rotatable bonds is 13. The molecular formula is C13H22F6O. The Morgan fingerprint density at radius 2 is 1.25 bits per heavy atom. The molecule has 20 heavy (non-hydrogen) atoms. The van der Waals surface area contributed by atoms with Crippen molar-refractivity contribution in [3.8, 4) is 0 Å². The maximum atomic E-state index is 12.4. The van der Waals surface area contributed by atoms with Gasteiger partial charge in [-0.3, -0.25) is 0 Å². The van der Waals surface area contributed by atoms with Crippen LogP contribution in [0.15, 0.2) is 0 Å². The summed E-state index contributed by atoms with van der Waals surface area (Å²) in [7, 11) is 0. The highest BCUT2D eigenvalue weighted by molar-refractivity contribution is 4.67. The Hall–Kier alpha value is -0.460. The predicted molar refractivity (Wildman–Crippen MR) is 64.7 cm³/mol. The lowest BCUT2D eigenvalue weighted by Gasteiger charge is -2.14. The van der Waals surface area contributed by atoms with Crippen molar-refractivity contribution in [3.05, 3.63) is 0 Å². The largest absolute Gasteiger partial charge is 0.375 e. The van der Waals surface area contributed by atoms with E-state index in [4.69, 9.17) is 0 Å². The Kier molecular flexibility index (Phi) is 11.0. The fourth-order valence-corrected chi connectivity index (χ4v) is 1.66. The SMILES string of the molecule is FC(F)CCCCCCCCCOCC(F)(F)C(F)F. The van der Waals surface area contributed by atoms with E-state index in [9.17, 15) is 26.3 Å². The molecule has 0 fully saturated rings.